The van der Waals surface area contributed by atoms with Gasteiger partial charge in [0.25, 0.3) is 0 Å². The minimum Gasteiger partial charge on any atom is -0.317 e. The smallest absolute Gasteiger partial charge is 0.0104 e. The van der Waals surface area contributed by atoms with Gasteiger partial charge in [-0.3, -0.25) is 0 Å². The van der Waals surface area contributed by atoms with Crippen molar-refractivity contribution in [3.8, 4) is 0 Å². The molecule has 1 fully saturated rings. The average molecular weight is 226 g/mol. The summed E-state index contributed by atoms with van der Waals surface area (Å²) in [7, 11) is 2.13. The van der Waals surface area contributed by atoms with Gasteiger partial charge in [0, 0.05) is 12.6 Å². The SMILES string of the molecule is CCCCN(CC)CC1CCCCC1NC. The fourth-order valence-corrected chi connectivity index (χ4v) is 2.90. The second-order valence-corrected chi connectivity index (χ2v) is 5.19. The van der Waals surface area contributed by atoms with E-state index in [4.69, 9.17) is 0 Å². The minimum absolute atomic E-state index is 0.768. The molecule has 2 unspecified atom stereocenters. The molecule has 0 aliphatic heterocycles. The predicted molar refractivity (Wildman–Crippen MR) is 71.8 cm³/mol. The van der Waals surface area contributed by atoms with Crippen molar-refractivity contribution in [3.63, 3.8) is 0 Å². The number of nitrogens with one attached hydrogen (secondary N) is 1. The lowest BCUT2D eigenvalue weighted by molar-refractivity contribution is 0.175. The molecular formula is C14H30N2. The van der Waals surface area contributed by atoms with Crippen LogP contribution in [0.25, 0.3) is 0 Å². The van der Waals surface area contributed by atoms with Crippen molar-refractivity contribution < 1.29 is 0 Å². The summed E-state index contributed by atoms with van der Waals surface area (Å²) < 4.78 is 0. The van der Waals surface area contributed by atoms with Crippen LogP contribution in [0, 0.1) is 5.92 Å². The second-order valence-electron chi connectivity index (χ2n) is 5.19. The van der Waals surface area contributed by atoms with E-state index in [1.54, 1.807) is 0 Å². The van der Waals surface area contributed by atoms with Gasteiger partial charge in [-0.25, -0.2) is 0 Å². The van der Waals surface area contributed by atoms with Crippen LogP contribution >= 0.6 is 0 Å². The molecule has 0 bridgehead atoms. The zero-order chi connectivity index (χ0) is 11.8. The summed E-state index contributed by atoms with van der Waals surface area (Å²) in [6.07, 6.45) is 8.33. The highest BCUT2D eigenvalue weighted by molar-refractivity contribution is 4.82. The summed E-state index contributed by atoms with van der Waals surface area (Å²) in [6.45, 7) is 8.40. The van der Waals surface area contributed by atoms with Crippen LogP contribution in [-0.4, -0.2) is 37.6 Å². The van der Waals surface area contributed by atoms with Gasteiger partial charge in [-0.05, 0) is 45.3 Å². The number of hydrogen-bond donors (Lipinski definition) is 1. The number of hydrogen-bond acceptors (Lipinski definition) is 2. The van der Waals surface area contributed by atoms with Gasteiger partial charge < -0.3 is 10.2 Å². The lowest BCUT2D eigenvalue weighted by Gasteiger charge is -2.35. The summed E-state index contributed by atoms with van der Waals surface area (Å²) in [5, 5.41) is 3.51. The van der Waals surface area contributed by atoms with Crippen molar-refractivity contribution in [2.24, 2.45) is 5.92 Å². The maximum absolute atomic E-state index is 3.51. The summed E-state index contributed by atoms with van der Waals surface area (Å²) in [4.78, 5) is 2.64. The Balaban J connectivity index is 2.35. The second kappa shape index (κ2) is 8.08. The van der Waals surface area contributed by atoms with E-state index in [0.29, 0.717) is 0 Å². The minimum atomic E-state index is 0.768. The van der Waals surface area contributed by atoms with Crippen LogP contribution in [0.4, 0.5) is 0 Å². The molecule has 0 aromatic carbocycles. The van der Waals surface area contributed by atoms with Gasteiger partial charge in [0.05, 0.1) is 0 Å². The van der Waals surface area contributed by atoms with Crippen LogP contribution in [0.1, 0.15) is 52.4 Å². The number of rotatable bonds is 7. The van der Waals surface area contributed by atoms with Crippen LogP contribution in [0.3, 0.4) is 0 Å². The van der Waals surface area contributed by atoms with Crippen LogP contribution in [-0.2, 0) is 0 Å². The fraction of sp³-hybridized carbons (Fsp3) is 1.00. The molecule has 96 valence electrons. The van der Waals surface area contributed by atoms with Crippen molar-refractivity contribution >= 4 is 0 Å². The van der Waals surface area contributed by atoms with Crippen molar-refractivity contribution in [3.05, 3.63) is 0 Å². The van der Waals surface area contributed by atoms with Crippen molar-refractivity contribution in [1.29, 1.82) is 0 Å². The lowest BCUT2D eigenvalue weighted by Crippen LogP contribution is -2.43. The van der Waals surface area contributed by atoms with Crippen molar-refractivity contribution in [2.75, 3.05) is 26.7 Å². The largest absolute Gasteiger partial charge is 0.317 e. The first kappa shape index (κ1) is 14.0. The Morgan fingerprint density at radius 1 is 1.19 bits per heavy atom. The average Bonchev–Trinajstić information content (AvgIpc) is 2.34. The third-order valence-electron chi connectivity index (χ3n) is 4.05. The topological polar surface area (TPSA) is 15.3 Å². The van der Waals surface area contributed by atoms with Crippen LogP contribution in [0.5, 0.6) is 0 Å². The molecule has 0 aromatic rings. The summed E-state index contributed by atoms with van der Waals surface area (Å²) in [6, 6.07) is 0.768. The molecule has 16 heavy (non-hydrogen) atoms. The van der Waals surface area contributed by atoms with Gasteiger partial charge in [-0.1, -0.05) is 33.1 Å². The van der Waals surface area contributed by atoms with E-state index in [0.717, 1.165) is 12.0 Å². The van der Waals surface area contributed by atoms with Gasteiger partial charge in [-0.15, -0.1) is 0 Å². The zero-order valence-electron chi connectivity index (χ0n) is 11.5. The van der Waals surface area contributed by atoms with Crippen molar-refractivity contribution in [2.45, 2.75) is 58.4 Å². The first-order valence-corrected chi connectivity index (χ1v) is 7.21. The first-order chi connectivity index (χ1) is 7.81. The molecule has 0 saturated heterocycles. The predicted octanol–water partition coefficient (Wildman–Crippen LogP) is 2.89. The maximum atomic E-state index is 3.51. The van der Waals surface area contributed by atoms with E-state index in [-0.39, 0.29) is 0 Å². The Morgan fingerprint density at radius 2 is 1.94 bits per heavy atom. The molecule has 2 atom stereocenters. The normalized spacial score (nSPS) is 26.2. The Bertz CT molecular complexity index is 170. The van der Waals surface area contributed by atoms with Gasteiger partial charge >= 0.3 is 0 Å². The molecular weight excluding hydrogens is 196 g/mol. The highest BCUT2D eigenvalue weighted by Gasteiger charge is 2.24. The van der Waals surface area contributed by atoms with Crippen LogP contribution < -0.4 is 5.32 Å². The molecule has 0 amide bonds. The molecule has 0 spiro atoms. The Hall–Kier alpha value is -0.0800. The van der Waals surface area contributed by atoms with Gasteiger partial charge in [0.2, 0.25) is 0 Å². The fourth-order valence-electron chi connectivity index (χ4n) is 2.90. The maximum Gasteiger partial charge on any atom is 0.0104 e. The molecule has 2 nitrogen and oxygen atoms in total. The summed E-state index contributed by atoms with van der Waals surface area (Å²) >= 11 is 0. The van der Waals surface area contributed by atoms with E-state index in [2.05, 4.69) is 31.1 Å². The van der Waals surface area contributed by atoms with Crippen molar-refractivity contribution in [1.82, 2.24) is 10.2 Å². The quantitative estimate of drug-likeness (QED) is 0.718. The molecule has 1 aliphatic rings. The standard InChI is InChI=1S/C14H30N2/c1-4-6-11-16(5-2)12-13-9-7-8-10-14(13)15-3/h13-15H,4-12H2,1-3H3. The van der Waals surface area contributed by atoms with E-state index >= 15 is 0 Å². The van der Waals surface area contributed by atoms with Crippen LogP contribution in [0.2, 0.25) is 0 Å². The summed E-state index contributed by atoms with van der Waals surface area (Å²) in [5.74, 6) is 0.885. The Labute approximate surface area is 102 Å². The highest BCUT2D eigenvalue weighted by atomic mass is 15.1. The van der Waals surface area contributed by atoms with Crippen LogP contribution in [0.15, 0.2) is 0 Å². The van der Waals surface area contributed by atoms with Gasteiger partial charge in [-0.2, -0.15) is 0 Å². The van der Waals surface area contributed by atoms with E-state index in [9.17, 15) is 0 Å². The summed E-state index contributed by atoms with van der Waals surface area (Å²) in [5.41, 5.74) is 0. The third kappa shape index (κ3) is 4.42. The van der Waals surface area contributed by atoms with E-state index < -0.39 is 0 Å². The molecule has 0 radical (unpaired) electrons. The Morgan fingerprint density at radius 3 is 2.56 bits per heavy atom. The molecule has 1 aliphatic carbocycles. The number of nitrogens with zero attached hydrogens (tertiary/aromatic N) is 1. The van der Waals surface area contributed by atoms with E-state index in [1.165, 1.54) is 58.2 Å². The molecule has 0 aromatic heterocycles. The monoisotopic (exact) mass is 226 g/mol. The molecule has 0 heterocycles. The molecule has 1 saturated carbocycles. The Kier molecular flexibility index (Phi) is 7.06. The van der Waals surface area contributed by atoms with Gasteiger partial charge in [0.15, 0.2) is 0 Å². The third-order valence-corrected chi connectivity index (χ3v) is 4.05. The lowest BCUT2D eigenvalue weighted by atomic mass is 9.84. The van der Waals surface area contributed by atoms with E-state index in [1.807, 2.05) is 0 Å². The first-order valence-electron chi connectivity index (χ1n) is 7.21. The molecule has 2 heteroatoms. The zero-order valence-corrected chi connectivity index (χ0v) is 11.5. The highest BCUT2D eigenvalue weighted by Crippen LogP contribution is 2.25. The van der Waals surface area contributed by atoms with Gasteiger partial charge in [0.1, 0.15) is 0 Å². The molecule has 1 rings (SSSR count). The number of unbranched alkanes of at least 4 members (excludes halogenated alkanes) is 1. The molecule has 1 N–H and O–H groups in total.